The number of ketones is 1. The summed E-state index contributed by atoms with van der Waals surface area (Å²) in [4.78, 5) is 15.7. The van der Waals surface area contributed by atoms with Gasteiger partial charge in [0, 0.05) is 19.0 Å². The van der Waals surface area contributed by atoms with E-state index in [1.54, 1.807) is 10.8 Å². The van der Waals surface area contributed by atoms with Crippen LogP contribution in [0.1, 0.15) is 32.5 Å². The maximum Gasteiger partial charge on any atom is 0.156 e. The van der Waals surface area contributed by atoms with E-state index in [-0.39, 0.29) is 11.2 Å². The van der Waals surface area contributed by atoms with E-state index in [0.29, 0.717) is 6.42 Å². The van der Waals surface area contributed by atoms with E-state index in [9.17, 15) is 4.79 Å². The molecule has 0 aromatic carbocycles. The second kappa shape index (κ2) is 3.29. The minimum Gasteiger partial charge on any atom is -0.295 e. The van der Waals surface area contributed by atoms with Gasteiger partial charge in [-0.1, -0.05) is 13.8 Å². The molecule has 2 rings (SSSR count). The van der Waals surface area contributed by atoms with Crippen LogP contribution in [0.15, 0.2) is 12.4 Å². The molecule has 1 aliphatic carbocycles. The molecule has 0 spiro atoms. The Morgan fingerprint density at radius 3 is 2.67 bits per heavy atom. The average Bonchev–Trinajstić information content (AvgIpc) is 2.47. The lowest BCUT2D eigenvalue weighted by Crippen LogP contribution is -2.22. The van der Waals surface area contributed by atoms with E-state index in [1.165, 1.54) is 6.33 Å². The Bertz CT molecular complexity index is 429. The molecule has 0 amide bonds. The summed E-state index contributed by atoms with van der Waals surface area (Å²) in [5, 5.41) is 4.02. The van der Waals surface area contributed by atoms with Gasteiger partial charge in [-0.25, -0.2) is 9.67 Å². The maximum absolute atomic E-state index is 11.6. The van der Waals surface area contributed by atoms with Crippen molar-refractivity contribution in [2.24, 2.45) is 12.5 Å². The highest BCUT2D eigenvalue weighted by molar-refractivity contribution is 5.98. The predicted molar refractivity (Wildman–Crippen MR) is 57.0 cm³/mol. The zero-order valence-electron chi connectivity index (χ0n) is 9.32. The van der Waals surface area contributed by atoms with Gasteiger partial charge in [-0.15, -0.1) is 0 Å². The van der Waals surface area contributed by atoms with Crippen molar-refractivity contribution < 1.29 is 4.79 Å². The van der Waals surface area contributed by atoms with Crippen LogP contribution in [-0.2, 0) is 11.8 Å². The van der Waals surface area contributed by atoms with Crippen molar-refractivity contribution in [1.29, 1.82) is 0 Å². The van der Waals surface area contributed by atoms with Crippen molar-refractivity contribution in [3.8, 4) is 0 Å². The van der Waals surface area contributed by atoms with Crippen molar-refractivity contribution in [2.75, 3.05) is 0 Å². The lowest BCUT2D eigenvalue weighted by molar-refractivity contribution is -0.116. The van der Waals surface area contributed by atoms with Crippen molar-refractivity contribution >= 4 is 11.4 Å². The van der Waals surface area contributed by atoms with Crippen molar-refractivity contribution in [2.45, 2.75) is 26.7 Å². The summed E-state index contributed by atoms with van der Waals surface area (Å²) < 4.78 is 1.71. The first-order chi connectivity index (χ1) is 6.98. The van der Waals surface area contributed by atoms with Gasteiger partial charge in [-0.05, 0) is 17.9 Å². The van der Waals surface area contributed by atoms with E-state index < -0.39 is 0 Å². The third-order valence-electron chi connectivity index (χ3n) is 2.66. The van der Waals surface area contributed by atoms with Crippen LogP contribution >= 0.6 is 0 Å². The Hall–Kier alpha value is -1.45. The van der Waals surface area contributed by atoms with E-state index >= 15 is 0 Å². The average molecular weight is 205 g/mol. The SMILES string of the molecule is Cn1ncnc1C1=CC(=O)CC(C)(C)C1. The summed E-state index contributed by atoms with van der Waals surface area (Å²) in [6.45, 7) is 4.21. The standard InChI is InChI=1S/C11H15N3O/c1-11(2)5-8(4-9(15)6-11)10-12-7-13-14(10)3/h4,7H,5-6H2,1-3H3. The van der Waals surface area contributed by atoms with Gasteiger partial charge in [-0.3, -0.25) is 4.79 Å². The zero-order valence-corrected chi connectivity index (χ0v) is 9.32. The Kier molecular flexibility index (Phi) is 2.21. The number of rotatable bonds is 1. The molecule has 1 aromatic rings. The molecule has 1 aromatic heterocycles. The van der Waals surface area contributed by atoms with E-state index in [2.05, 4.69) is 23.9 Å². The molecule has 0 radical (unpaired) electrons. The third kappa shape index (κ3) is 1.98. The Morgan fingerprint density at radius 1 is 1.40 bits per heavy atom. The Labute approximate surface area is 89.0 Å². The molecule has 0 saturated carbocycles. The van der Waals surface area contributed by atoms with Gasteiger partial charge in [0.05, 0.1) is 0 Å². The fraction of sp³-hybridized carbons (Fsp3) is 0.545. The number of aryl methyl sites for hydroxylation is 1. The number of nitrogens with zero attached hydrogens (tertiary/aromatic N) is 3. The van der Waals surface area contributed by atoms with Gasteiger partial charge in [0.25, 0.3) is 0 Å². The number of carbonyl (C=O) groups excluding carboxylic acids is 1. The van der Waals surface area contributed by atoms with Crippen LogP contribution in [0.4, 0.5) is 0 Å². The van der Waals surface area contributed by atoms with Crippen LogP contribution in [0.2, 0.25) is 0 Å². The van der Waals surface area contributed by atoms with Crippen LogP contribution in [0.25, 0.3) is 5.57 Å². The molecular formula is C11H15N3O. The van der Waals surface area contributed by atoms with Crippen molar-refractivity contribution in [1.82, 2.24) is 14.8 Å². The van der Waals surface area contributed by atoms with E-state index in [0.717, 1.165) is 17.8 Å². The smallest absolute Gasteiger partial charge is 0.156 e. The molecule has 4 heteroatoms. The molecular weight excluding hydrogens is 190 g/mol. The van der Waals surface area contributed by atoms with Crippen molar-refractivity contribution in [3.63, 3.8) is 0 Å². The van der Waals surface area contributed by atoms with Crippen LogP contribution in [-0.4, -0.2) is 20.5 Å². The normalized spacial score (nSPS) is 20.2. The monoisotopic (exact) mass is 205 g/mol. The number of hydrogen-bond donors (Lipinski definition) is 0. The summed E-state index contributed by atoms with van der Waals surface area (Å²) in [6, 6.07) is 0. The number of hydrogen-bond acceptors (Lipinski definition) is 3. The van der Waals surface area contributed by atoms with Gasteiger partial charge in [0.2, 0.25) is 0 Å². The van der Waals surface area contributed by atoms with Gasteiger partial charge in [0.15, 0.2) is 11.6 Å². The quantitative estimate of drug-likeness (QED) is 0.699. The topological polar surface area (TPSA) is 47.8 Å². The lowest BCUT2D eigenvalue weighted by atomic mass is 9.76. The number of carbonyl (C=O) groups is 1. The fourth-order valence-electron chi connectivity index (χ4n) is 2.08. The highest BCUT2D eigenvalue weighted by Crippen LogP contribution is 2.37. The first-order valence-electron chi connectivity index (χ1n) is 5.06. The summed E-state index contributed by atoms with van der Waals surface area (Å²) in [5.41, 5.74) is 1.03. The first kappa shape index (κ1) is 10.1. The summed E-state index contributed by atoms with van der Waals surface area (Å²) >= 11 is 0. The minimum absolute atomic E-state index is 0.0348. The summed E-state index contributed by atoms with van der Waals surface area (Å²) in [7, 11) is 1.84. The molecule has 4 nitrogen and oxygen atoms in total. The minimum atomic E-state index is 0.0348. The molecule has 0 fully saturated rings. The summed E-state index contributed by atoms with van der Waals surface area (Å²) in [6.07, 6.45) is 4.72. The molecule has 15 heavy (non-hydrogen) atoms. The molecule has 80 valence electrons. The second-order valence-corrected chi connectivity index (χ2v) is 4.86. The van der Waals surface area contributed by atoms with Gasteiger partial charge in [0.1, 0.15) is 6.33 Å². The molecule has 0 unspecified atom stereocenters. The van der Waals surface area contributed by atoms with E-state index in [4.69, 9.17) is 0 Å². The fourth-order valence-corrected chi connectivity index (χ4v) is 2.08. The van der Waals surface area contributed by atoms with Crippen LogP contribution in [0.5, 0.6) is 0 Å². The molecule has 0 saturated heterocycles. The molecule has 0 bridgehead atoms. The van der Waals surface area contributed by atoms with Crippen LogP contribution < -0.4 is 0 Å². The predicted octanol–water partition coefficient (Wildman–Crippen LogP) is 1.59. The molecule has 0 N–H and O–H groups in total. The zero-order chi connectivity index (χ0) is 11.1. The van der Waals surface area contributed by atoms with Gasteiger partial charge in [-0.2, -0.15) is 5.10 Å². The second-order valence-electron chi connectivity index (χ2n) is 4.86. The van der Waals surface area contributed by atoms with Crippen molar-refractivity contribution in [3.05, 3.63) is 18.2 Å². The third-order valence-corrected chi connectivity index (χ3v) is 2.66. The highest BCUT2D eigenvalue weighted by Gasteiger charge is 2.29. The number of aromatic nitrogens is 3. The maximum atomic E-state index is 11.6. The number of allylic oxidation sites excluding steroid dienone is 2. The molecule has 0 atom stereocenters. The Morgan fingerprint density at radius 2 is 2.13 bits per heavy atom. The van der Waals surface area contributed by atoms with Crippen LogP contribution in [0, 0.1) is 5.41 Å². The van der Waals surface area contributed by atoms with E-state index in [1.807, 2.05) is 7.05 Å². The first-order valence-corrected chi connectivity index (χ1v) is 5.06. The van der Waals surface area contributed by atoms with Crippen LogP contribution in [0.3, 0.4) is 0 Å². The largest absolute Gasteiger partial charge is 0.295 e. The molecule has 1 heterocycles. The van der Waals surface area contributed by atoms with Gasteiger partial charge < -0.3 is 0 Å². The molecule has 1 aliphatic rings. The molecule has 0 aliphatic heterocycles. The summed E-state index contributed by atoms with van der Waals surface area (Å²) in [5.74, 6) is 0.986. The highest BCUT2D eigenvalue weighted by atomic mass is 16.1. The Balaban J connectivity index is 2.38. The lowest BCUT2D eigenvalue weighted by Gasteiger charge is -2.28. The van der Waals surface area contributed by atoms with Gasteiger partial charge >= 0.3 is 0 Å².